The number of amides is 1. The summed E-state index contributed by atoms with van der Waals surface area (Å²) in [6, 6.07) is 13.2. The first kappa shape index (κ1) is 15.8. The van der Waals surface area contributed by atoms with Gasteiger partial charge in [-0.25, -0.2) is 0 Å². The summed E-state index contributed by atoms with van der Waals surface area (Å²) in [5.74, 6) is -0.117. The summed E-state index contributed by atoms with van der Waals surface area (Å²) in [6.07, 6.45) is -4.19. The number of fused-ring (bicyclic) bond motifs is 1. The summed E-state index contributed by atoms with van der Waals surface area (Å²) in [7, 11) is 0. The third kappa shape index (κ3) is 3.64. The Labute approximate surface area is 132 Å². The number of hydrogen-bond donors (Lipinski definition) is 0. The van der Waals surface area contributed by atoms with Gasteiger partial charge in [-0.15, -0.1) is 0 Å². The topological polar surface area (TPSA) is 23.6 Å². The van der Waals surface area contributed by atoms with E-state index >= 15 is 0 Å². The maximum atomic E-state index is 12.7. The van der Waals surface area contributed by atoms with Crippen molar-refractivity contribution in [1.82, 2.24) is 9.80 Å². The Kier molecular flexibility index (Phi) is 4.26. The molecule has 0 radical (unpaired) electrons. The lowest BCUT2D eigenvalue weighted by Gasteiger charge is -2.35. The normalized spacial score (nSPS) is 16.7. The molecule has 3 rings (SSSR count). The average molecular weight is 322 g/mol. The number of alkyl halides is 3. The zero-order chi connectivity index (χ0) is 16.4. The number of piperazine rings is 1. The zero-order valence-electron chi connectivity index (χ0n) is 12.5. The van der Waals surface area contributed by atoms with Crippen molar-refractivity contribution in [2.24, 2.45) is 0 Å². The first-order valence-electron chi connectivity index (χ1n) is 7.50. The standard InChI is InChI=1S/C17H17F3N2O/c18-17(19,20)12-21-8-10-22(11-9-21)16(23)15-7-3-5-13-4-1-2-6-14(13)15/h1-7H,8-12H2. The number of nitrogens with zero attached hydrogens (tertiary/aromatic N) is 2. The predicted octanol–water partition coefficient (Wildman–Crippen LogP) is 3.16. The van der Waals surface area contributed by atoms with Gasteiger partial charge in [-0.1, -0.05) is 36.4 Å². The van der Waals surface area contributed by atoms with Crippen LogP contribution in [-0.4, -0.2) is 54.6 Å². The highest BCUT2D eigenvalue weighted by molar-refractivity contribution is 6.07. The van der Waals surface area contributed by atoms with Crippen LogP contribution in [0.3, 0.4) is 0 Å². The van der Waals surface area contributed by atoms with Crippen LogP contribution < -0.4 is 0 Å². The number of carbonyl (C=O) groups excluding carboxylic acids is 1. The molecule has 0 bridgehead atoms. The van der Waals surface area contributed by atoms with Crippen LogP contribution in [0.5, 0.6) is 0 Å². The van der Waals surface area contributed by atoms with Gasteiger partial charge in [-0.3, -0.25) is 9.69 Å². The molecule has 0 saturated carbocycles. The van der Waals surface area contributed by atoms with Gasteiger partial charge < -0.3 is 4.90 Å². The van der Waals surface area contributed by atoms with Gasteiger partial charge in [-0.05, 0) is 16.8 Å². The van der Waals surface area contributed by atoms with Crippen molar-refractivity contribution in [3.63, 3.8) is 0 Å². The van der Waals surface area contributed by atoms with Crippen LogP contribution in [0.25, 0.3) is 10.8 Å². The number of carbonyl (C=O) groups is 1. The van der Waals surface area contributed by atoms with E-state index in [1.165, 1.54) is 4.90 Å². The SMILES string of the molecule is O=C(c1cccc2ccccc12)N1CCN(CC(F)(F)F)CC1. The van der Waals surface area contributed by atoms with Crippen LogP contribution in [0.2, 0.25) is 0 Å². The van der Waals surface area contributed by atoms with Gasteiger partial charge in [0.15, 0.2) is 0 Å². The summed E-state index contributed by atoms with van der Waals surface area (Å²) in [5, 5.41) is 1.85. The van der Waals surface area contributed by atoms with Gasteiger partial charge in [-0.2, -0.15) is 13.2 Å². The minimum absolute atomic E-state index is 0.117. The molecule has 0 aromatic heterocycles. The second-order valence-corrected chi connectivity index (χ2v) is 5.71. The highest BCUT2D eigenvalue weighted by Gasteiger charge is 2.33. The number of rotatable bonds is 2. The summed E-state index contributed by atoms with van der Waals surface area (Å²) in [4.78, 5) is 15.7. The Morgan fingerprint density at radius 2 is 1.61 bits per heavy atom. The second-order valence-electron chi connectivity index (χ2n) is 5.71. The van der Waals surface area contributed by atoms with E-state index in [0.29, 0.717) is 18.7 Å². The molecular formula is C17H17F3N2O. The van der Waals surface area contributed by atoms with Crippen molar-refractivity contribution in [3.05, 3.63) is 48.0 Å². The molecule has 1 heterocycles. The molecule has 1 saturated heterocycles. The lowest BCUT2D eigenvalue weighted by molar-refractivity contribution is -0.148. The fourth-order valence-corrected chi connectivity index (χ4v) is 2.94. The molecule has 1 aliphatic rings. The Morgan fingerprint density at radius 3 is 2.30 bits per heavy atom. The number of hydrogen-bond acceptors (Lipinski definition) is 2. The fraction of sp³-hybridized carbons (Fsp3) is 0.353. The molecule has 0 spiro atoms. The molecule has 2 aromatic carbocycles. The molecule has 1 fully saturated rings. The smallest absolute Gasteiger partial charge is 0.336 e. The van der Waals surface area contributed by atoms with Crippen LogP contribution in [0.15, 0.2) is 42.5 Å². The summed E-state index contributed by atoms with van der Waals surface area (Å²) < 4.78 is 37.2. The quantitative estimate of drug-likeness (QED) is 0.848. The van der Waals surface area contributed by atoms with Crippen LogP contribution in [0.1, 0.15) is 10.4 Å². The van der Waals surface area contributed by atoms with Gasteiger partial charge in [0, 0.05) is 31.7 Å². The molecule has 1 amide bonds. The summed E-state index contributed by atoms with van der Waals surface area (Å²) in [6.45, 7) is 0.214. The molecule has 1 aliphatic heterocycles. The van der Waals surface area contributed by atoms with Crippen molar-refractivity contribution >= 4 is 16.7 Å². The van der Waals surface area contributed by atoms with Crippen LogP contribution >= 0.6 is 0 Å². The Hall–Kier alpha value is -2.08. The first-order chi connectivity index (χ1) is 10.9. The lowest BCUT2D eigenvalue weighted by atomic mass is 10.0. The molecule has 0 aliphatic carbocycles. The van der Waals surface area contributed by atoms with E-state index in [4.69, 9.17) is 0 Å². The molecular weight excluding hydrogens is 305 g/mol. The Morgan fingerprint density at radius 1 is 0.957 bits per heavy atom. The minimum atomic E-state index is -4.19. The van der Waals surface area contributed by atoms with Crippen LogP contribution in [0.4, 0.5) is 13.2 Å². The molecule has 6 heteroatoms. The van der Waals surface area contributed by atoms with E-state index in [2.05, 4.69) is 0 Å². The second kappa shape index (κ2) is 6.20. The first-order valence-corrected chi connectivity index (χ1v) is 7.50. The Balaban J connectivity index is 1.72. The maximum Gasteiger partial charge on any atom is 0.401 e. The molecule has 2 aromatic rings. The maximum absolute atomic E-state index is 12.7. The van der Waals surface area contributed by atoms with E-state index in [1.54, 1.807) is 11.0 Å². The highest BCUT2D eigenvalue weighted by atomic mass is 19.4. The van der Waals surface area contributed by atoms with Crippen molar-refractivity contribution in [3.8, 4) is 0 Å². The number of halogens is 3. The van der Waals surface area contributed by atoms with Gasteiger partial charge in [0.1, 0.15) is 0 Å². The van der Waals surface area contributed by atoms with Gasteiger partial charge in [0.05, 0.1) is 6.54 Å². The van der Waals surface area contributed by atoms with E-state index < -0.39 is 12.7 Å². The summed E-state index contributed by atoms with van der Waals surface area (Å²) >= 11 is 0. The fourth-order valence-electron chi connectivity index (χ4n) is 2.94. The minimum Gasteiger partial charge on any atom is -0.336 e. The van der Waals surface area contributed by atoms with Crippen molar-refractivity contribution < 1.29 is 18.0 Å². The molecule has 23 heavy (non-hydrogen) atoms. The van der Waals surface area contributed by atoms with Crippen molar-refractivity contribution in [2.75, 3.05) is 32.7 Å². The van der Waals surface area contributed by atoms with E-state index in [1.807, 2.05) is 36.4 Å². The lowest BCUT2D eigenvalue weighted by Crippen LogP contribution is -2.50. The molecule has 122 valence electrons. The number of benzene rings is 2. The average Bonchev–Trinajstić information content (AvgIpc) is 2.53. The summed E-state index contributed by atoms with van der Waals surface area (Å²) in [5.41, 5.74) is 0.604. The van der Waals surface area contributed by atoms with Crippen molar-refractivity contribution in [1.29, 1.82) is 0 Å². The molecule has 0 unspecified atom stereocenters. The Bertz CT molecular complexity index is 701. The highest BCUT2D eigenvalue weighted by Crippen LogP contribution is 2.22. The van der Waals surface area contributed by atoms with Crippen molar-refractivity contribution in [2.45, 2.75) is 6.18 Å². The van der Waals surface area contributed by atoms with Crippen LogP contribution in [0, 0.1) is 0 Å². The van der Waals surface area contributed by atoms with E-state index in [9.17, 15) is 18.0 Å². The van der Waals surface area contributed by atoms with E-state index in [0.717, 1.165) is 10.8 Å². The molecule has 3 nitrogen and oxygen atoms in total. The van der Waals surface area contributed by atoms with Gasteiger partial charge >= 0.3 is 6.18 Å². The molecule has 0 atom stereocenters. The third-order valence-electron chi connectivity index (χ3n) is 4.08. The largest absolute Gasteiger partial charge is 0.401 e. The molecule has 0 N–H and O–H groups in total. The zero-order valence-corrected chi connectivity index (χ0v) is 12.5. The monoisotopic (exact) mass is 322 g/mol. The third-order valence-corrected chi connectivity index (χ3v) is 4.08. The van der Waals surface area contributed by atoms with Gasteiger partial charge in [0.2, 0.25) is 0 Å². The van der Waals surface area contributed by atoms with Crippen LogP contribution in [-0.2, 0) is 0 Å². The van der Waals surface area contributed by atoms with Gasteiger partial charge in [0.25, 0.3) is 5.91 Å². The predicted molar refractivity (Wildman–Crippen MR) is 82.3 cm³/mol. The van der Waals surface area contributed by atoms with E-state index in [-0.39, 0.29) is 19.0 Å².